The minimum atomic E-state index is -0.412. The molecule has 110 valence electrons. The Morgan fingerprint density at radius 1 is 1.05 bits per heavy atom. The maximum atomic E-state index is 11.9. The van der Waals surface area contributed by atoms with Gasteiger partial charge in [-0.1, -0.05) is 35.3 Å². The van der Waals surface area contributed by atoms with E-state index in [-0.39, 0.29) is 6.61 Å². The molecule has 3 nitrogen and oxygen atoms in total. The van der Waals surface area contributed by atoms with Gasteiger partial charge in [0.1, 0.15) is 6.61 Å². The standard InChI is InChI=1S/C15H13Cl2NO2S/c1-18(21-14-8-6-13(17)7-9-14)15(19)20-10-11-2-4-12(16)5-3-11/h2-9H,10H2,1H3. The molecule has 0 bridgehead atoms. The third-order valence-electron chi connectivity index (χ3n) is 2.59. The van der Waals surface area contributed by atoms with Crippen molar-refractivity contribution in [3.63, 3.8) is 0 Å². The molecule has 0 aromatic heterocycles. The Labute approximate surface area is 137 Å². The first-order valence-corrected chi connectivity index (χ1v) is 7.66. The molecule has 0 aliphatic heterocycles. The quantitative estimate of drug-likeness (QED) is 0.709. The summed E-state index contributed by atoms with van der Waals surface area (Å²) in [6, 6.07) is 14.4. The highest BCUT2D eigenvalue weighted by Gasteiger charge is 2.12. The smallest absolute Gasteiger partial charge is 0.420 e. The fraction of sp³-hybridized carbons (Fsp3) is 0.133. The van der Waals surface area contributed by atoms with Gasteiger partial charge >= 0.3 is 6.09 Å². The van der Waals surface area contributed by atoms with Gasteiger partial charge in [0.25, 0.3) is 0 Å². The van der Waals surface area contributed by atoms with Crippen LogP contribution in [0.2, 0.25) is 10.0 Å². The largest absolute Gasteiger partial charge is 0.444 e. The Morgan fingerprint density at radius 3 is 2.14 bits per heavy atom. The van der Waals surface area contributed by atoms with Crippen molar-refractivity contribution in [3.05, 3.63) is 64.1 Å². The highest BCUT2D eigenvalue weighted by Crippen LogP contribution is 2.23. The van der Waals surface area contributed by atoms with Crippen molar-refractivity contribution in [1.29, 1.82) is 0 Å². The second-order valence-electron chi connectivity index (χ2n) is 4.22. The number of benzene rings is 2. The fourth-order valence-electron chi connectivity index (χ4n) is 1.51. The molecule has 1 amide bonds. The lowest BCUT2D eigenvalue weighted by atomic mass is 10.2. The molecule has 0 saturated heterocycles. The Balaban J connectivity index is 1.84. The van der Waals surface area contributed by atoms with Gasteiger partial charge in [-0.05, 0) is 53.9 Å². The Bertz CT molecular complexity index is 602. The number of rotatable bonds is 4. The minimum absolute atomic E-state index is 0.210. The average molecular weight is 342 g/mol. The molecule has 2 rings (SSSR count). The normalized spacial score (nSPS) is 10.2. The van der Waals surface area contributed by atoms with Crippen molar-refractivity contribution in [2.45, 2.75) is 11.5 Å². The van der Waals surface area contributed by atoms with Crippen molar-refractivity contribution < 1.29 is 9.53 Å². The Hall–Kier alpha value is -1.36. The van der Waals surface area contributed by atoms with Gasteiger partial charge in [0.15, 0.2) is 0 Å². The molecule has 0 heterocycles. The molecular formula is C15H13Cl2NO2S. The van der Waals surface area contributed by atoms with E-state index in [1.807, 2.05) is 24.3 Å². The third-order valence-corrected chi connectivity index (χ3v) is 4.00. The molecule has 0 aliphatic rings. The molecule has 0 aliphatic carbocycles. The fourth-order valence-corrected chi connectivity index (χ4v) is 2.46. The highest BCUT2D eigenvalue weighted by atomic mass is 35.5. The summed E-state index contributed by atoms with van der Waals surface area (Å²) in [5.41, 5.74) is 0.887. The number of hydrogen-bond acceptors (Lipinski definition) is 3. The summed E-state index contributed by atoms with van der Waals surface area (Å²) >= 11 is 12.9. The number of hydrogen-bond donors (Lipinski definition) is 0. The van der Waals surface area contributed by atoms with Crippen molar-refractivity contribution in [2.24, 2.45) is 0 Å². The molecule has 0 fully saturated rings. The molecular weight excluding hydrogens is 329 g/mol. The Kier molecular flexibility index (Phi) is 5.79. The summed E-state index contributed by atoms with van der Waals surface area (Å²) in [6.45, 7) is 0.210. The lowest BCUT2D eigenvalue weighted by Gasteiger charge is -2.15. The SMILES string of the molecule is CN(Sc1ccc(Cl)cc1)C(=O)OCc1ccc(Cl)cc1. The second kappa shape index (κ2) is 7.59. The summed E-state index contributed by atoms with van der Waals surface area (Å²) in [5.74, 6) is 0. The predicted octanol–water partition coefficient (Wildman–Crippen LogP) is 5.27. The number of ether oxygens (including phenoxy) is 1. The number of amides is 1. The molecule has 2 aromatic carbocycles. The number of carbonyl (C=O) groups is 1. The van der Waals surface area contributed by atoms with Crippen LogP contribution < -0.4 is 0 Å². The van der Waals surface area contributed by atoms with Crippen LogP contribution in [0.5, 0.6) is 0 Å². The first kappa shape index (κ1) is 16.0. The summed E-state index contributed by atoms with van der Waals surface area (Å²) < 4.78 is 6.65. The van der Waals surface area contributed by atoms with Crippen molar-refractivity contribution in [1.82, 2.24) is 4.31 Å². The van der Waals surface area contributed by atoms with E-state index >= 15 is 0 Å². The predicted molar refractivity (Wildman–Crippen MR) is 86.7 cm³/mol. The van der Waals surface area contributed by atoms with E-state index in [4.69, 9.17) is 27.9 Å². The second-order valence-corrected chi connectivity index (χ2v) is 6.30. The molecule has 21 heavy (non-hydrogen) atoms. The van der Waals surface area contributed by atoms with Gasteiger partial charge in [-0.3, -0.25) is 4.31 Å². The maximum absolute atomic E-state index is 11.9. The molecule has 2 aromatic rings. The van der Waals surface area contributed by atoms with Crippen LogP contribution in [0.3, 0.4) is 0 Å². The zero-order valence-corrected chi connectivity index (χ0v) is 13.6. The van der Waals surface area contributed by atoms with E-state index < -0.39 is 6.09 Å². The van der Waals surface area contributed by atoms with Crippen LogP contribution in [0.4, 0.5) is 4.79 Å². The zero-order valence-electron chi connectivity index (χ0n) is 11.3. The van der Waals surface area contributed by atoms with Gasteiger partial charge < -0.3 is 4.74 Å². The molecule has 6 heteroatoms. The summed E-state index contributed by atoms with van der Waals surface area (Å²) in [4.78, 5) is 12.8. The number of carbonyl (C=O) groups excluding carboxylic acids is 1. The summed E-state index contributed by atoms with van der Waals surface area (Å²) in [5, 5.41) is 1.31. The maximum Gasteiger partial charge on any atom is 0.420 e. The van der Waals surface area contributed by atoms with E-state index in [0.29, 0.717) is 10.0 Å². The first-order valence-electron chi connectivity index (χ1n) is 6.13. The van der Waals surface area contributed by atoms with Crippen LogP contribution in [0.25, 0.3) is 0 Å². The van der Waals surface area contributed by atoms with E-state index in [1.165, 1.54) is 16.3 Å². The van der Waals surface area contributed by atoms with Gasteiger partial charge in [0.05, 0.1) is 0 Å². The first-order chi connectivity index (χ1) is 10.0. The van der Waals surface area contributed by atoms with Crippen LogP contribution in [0.1, 0.15) is 5.56 Å². The van der Waals surface area contributed by atoms with Gasteiger partial charge in [0, 0.05) is 22.0 Å². The lowest BCUT2D eigenvalue weighted by molar-refractivity contribution is 0.126. The highest BCUT2D eigenvalue weighted by molar-refractivity contribution is 7.97. The van der Waals surface area contributed by atoms with Crippen LogP contribution in [-0.2, 0) is 11.3 Å². The van der Waals surface area contributed by atoms with Gasteiger partial charge in [-0.2, -0.15) is 0 Å². The monoisotopic (exact) mass is 341 g/mol. The van der Waals surface area contributed by atoms with Crippen LogP contribution in [-0.4, -0.2) is 17.4 Å². The van der Waals surface area contributed by atoms with Gasteiger partial charge in [-0.15, -0.1) is 0 Å². The van der Waals surface area contributed by atoms with E-state index in [1.54, 1.807) is 31.3 Å². The number of halogens is 2. The molecule has 0 unspecified atom stereocenters. The lowest BCUT2D eigenvalue weighted by Crippen LogP contribution is -2.20. The zero-order chi connectivity index (χ0) is 15.2. The van der Waals surface area contributed by atoms with Crippen molar-refractivity contribution in [2.75, 3.05) is 7.05 Å². The topological polar surface area (TPSA) is 29.5 Å². The van der Waals surface area contributed by atoms with Crippen LogP contribution >= 0.6 is 35.1 Å². The minimum Gasteiger partial charge on any atom is -0.444 e. The molecule has 0 N–H and O–H groups in total. The van der Waals surface area contributed by atoms with Crippen LogP contribution in [0, 0.1) is 0 Å². The van der Waals surface area contributed by atoms with Crippen molar-refractivity contribution in [3.8, 4) is 0 Å². The third kappa shape index (κ3) is 5.16. The Morgan fingerprint density at radius 2 is 1.57 bits per heavy atom. The van der Waals surface area contributed by atoms with E-state index in [9.17, 15) is 4.79 Å². The van der Waals surface area contributed by atoms with E-state index in [0.717, 1.165) is 10.5 Å². The number of nitrogens with zero attached hydrogens (tertiary/aromatic N) is 1. The van der Waals surface area contributed by atoms with Crippen molar-refractivity contribution >= 4 is 41.2 Å². The molecule has 0 spiro atoms. The van der Waals surface area contributed by atoms with Gasteiger partial charge in [0.2, 0.25) is 0 Å². The summed E-state index contributed by atoms with van der Waals surface area (Å²) in [6.07, 6.45) is -0.412. The molecule has 0 saturated carbocycles. The van der Waals surface area contributed by atoms with Gasteiger partial charge in [-0.25, -0.2) is 4.79 Å². The average Bonchev–Trinajstić information content (AvgIpc) is 2.48. The molecule has 0 radical (unpaired) electrons. The molecule has 0 atom stereocenters. The van der Waals surface area contributed by atoms with Crippen LogP contribution in [0.15, 0.2) is 53.4 Å². The van der Waals surface area contributed by atoms with E-state index in [2.05, 4.69) is 0 Å². The summed E-state index contributed by atoms with van der Waals surface area (Å²) in [7, 11) is 1.66.